The van der Waals surface area contributed by atoms with Gasteiger partial charge in [-0.1, -0.05) is 48.5 Å². The molecule has 0 saturated carbocycles. The van der Waals surface area contributed by atoms with Crippen molar-refractivity contribution in [1.29, 1.82) is 0 Å². The average Bonchev–Trinajstić information content (AvgIpc) is 2.91. The fourth-order valence-corrected chi connectivity index (χ4v) is 3.08. The molecular weight excluding hydrogens is 276 g/mol. The van der Waals surface area contributed by atoms with E-state index in [1.807, 2.05) is 54.6 Å². The summed E-state index contributed by atoms with van der Waals surface area (Å²) in [6.45, 7) is 0. The summed E-state index contributed by atoms with van der Waals surface area (Å²) in [7, 11) is 1.64. The summed E-state index contributed by atoms with van der Waals surface area (Å²) in [4.78, 5) is 12.1. The molecule has 0 aliphatic carbocycles. The minimum absolute atomic E-state index is 0.282. The highest BCUT2D eigenvalue weighted by molar-refractivity contribution is 5.96. The Morgan fingerprint density at radius 1 is 0.955 bits per heavy atom. The number of methoxy groups -OCH3 is 1. The van der Waals surface area contributed by atoms with Crippen molar-refractivity contribution < 1.29 is 14.3 Å². The van der Waals surface area contributed by atoms with Gasteiger partial charge in [0.1, 0.15) is 5.75 Å². The third-order valence-corrected chi connectivity index (χ3v) is 4.10. The highest BCUT2D eigenvalue weighted by Gasteiger charge is 2.34. The summed E-state index contributed by atoms with van der Waals surface area (Å²) < 4.78 is 11.2. The Morgan fingerprint density at radius 2 is 1.73 bits per heavy atom. The second-order valence-corrected chi connectivity index (χ2v) is 5.28. The molecule has 1 unspecified atom stereocenters. The van der Waals surface area contributed by atoms with Crippen LogP contribution < -0.4 is 4.74 Å². The first-order valence-electron chi connectivity index (χ1n) is 7.15. The first-order valence-corrected chi connectivity index (χ1v) is 7.15. The van der Waals surface area contributed by atoms with E-state index in [1.165, 1.54) is 0 Å². The van der Waals surface area contributed by atoms with E-state index in [0.29, 0.717) is 5.56 Å². The second-order valence-electron chi connectivity index (χ2n) is 5.28. The van der Waals surface area contributed by atoms with Crippen LogP contribution in [0.15, 0.2) is 60.7 Å². The Balaban J connectivity index is 2.01. The van der Waals surface area contributed by atoms with Crippen LogP contribution in [0.1, 0.15) is 27.6 Å². The average molecular weight is 290 g/mol. The molecule has 108 valence electrons. The molecule has 0 fully saturated rings. The topological polar surface area (TPSA) is 35.5 Å². The molecule has 3 aromatic rings. The summed E-state index contributed by atoms with van der Waals surface area (Å²) in [6, 6.07) is 19.5. The molecule has 0 spiro atoms. The fraction of sp³-hybridized carbons (Fsp3) is 0.105. The number of hydrogen-bond acceptors (Lipinski definition) is 3. The molecule has 1 aliphatic rings. The number of fused-ring (bicyclic) bond motifs is 2. The molecule has 0 radical (unpaired) electrons. The fourth-order valence-electron chi connectivity index (χ4n) is 3.08. The minimum atomic E-state index is -0.426. The zero-order valence-electron chi connectivity index (χ0n) is 12.1. The molecule has 3 heteroatoms. The van der Waals surface area contributed by atoms with Crippen molar-refractivity contribution in [3.63, 3.8) is 0 Å². The molecule has 3 nitrogen and oxygen atoms in total. The van der Waals surface area contributed by atoms with Gasteiger partial charge < -0.3 is 9.47 Å². The number of rotatable bonds is 2. The van der Waals surface area contributed by atoms with E-state index in [0.717, 1.165) is 27.6 Å². The lowest BCUT2D eigenvalue weighted by molar-refractivity contribution is 0.0455. The summed E-state index contributed by atoms with van der Waals surface area (Å²) >= 11 is 0. The number of benzene rings is 3. The Kier molecular flexibility index (Phi) is 2.86. The van der Waals surface area contributed by atoms with E-state index in [1.54, 1.807) is 13.2 Å². The van der Waals surface area contributed by atoms with E-state index < -0.39 is 6.10 Å². The Bertz CT molecular complexity index is 883. The van der Waals surface area contributed by atoms with Crippen LogP contribution in [0.3, 0.4) is 0 Å². The second kappa shape index (κ2) is 4.88. The molecule has 0 amide bonds. The third kappa shape index (κ3) is 1.79. The van der Waals surface area contributed by atoms with Crippen molar-refractivity contribution in [3.05, 3.63) is 77.4 Å². The van der Waals surface area contributed by atoms with Crippen molar-refractivity contribution in [1.82, 2.24) is 0 Å². The number of hydrogen-bond donors (Lipinski definition) is 0. The SMILES string of the molecule is COc1ccc2ccccc2c1C1OC(=O)c2ccccc21. The first-order chi connectivity index (χ1) is 10.8. The normalized spacial score (nSPS) is 16.4. The van der Waals surface area contributed by atoms with E-state index in [-0.39, 0.29) is 5.97 Å². The van der Waals surface area contributed by atoms with Gasteiger partial charge in [-0.05, 0) is 22.9 Å². The van der Waals surface area contributed by atoms with Gasteiger partial charge in [-0.2, -0.15) is 0 Å². The van der Waals surface area contributed by atoms with Gasteiger partial charge in [0.2, 0.25) is 0 Å². The molecule has 0 bridgehead atoms. The van der Waals surface area contributed by atoms with E-state index in [2.05, 4.69) is 0 Å². The van der Waals surface area contributed by atoms with Crippen molar-refractivity contribution in [2.24, 2.45) is 0 Å². The number of cyclic esters (lactones) is 1. The first kappa shape index (κ1) is 12.9. The molecular formula is C19H14O3. The molecule has 1 aliphatic heterocycles. The van der Waals surface area contributed by atoms with Crippen LogP contribution in [0.4, 0.5) is 0 Å². The Hall–Kier alpha value is -2.81. The monoisotopic (exact) mass is 290 g/mol. The van der Waals surface area contributed by atoms with E-state index >= 15 is 0 Å². The van der Waals surface area contributed by atoms with Gasteiger partial charge in [0, 0.05) is 11.1 Å². The number of ether oxygens (including phenoxy) is 2. The molecule has 1 heterocycles. The van der Waals surface area contributed by atoms with Crippen molar-refractivity contribution in [2.75, 3.05) is 7.11 Å². The predicted molar refractivity (Wildman–Crippen MR) is 84.2 cm³/mol. The maximum atomic E-state index is 12.1. The summed E-state index contributed by atoms with van der Waals surface area (Å²) in [5.41, 5.74) is 2.42. The van der Waals surface area contributed by atoms with Crippen LogP contribution in [-0.2, 0) is 4.74 Å². The Labute approximate surface area is 128 Å². The Morgan fingerprint density at radius 3 is 2.59 bits per heavy atom. The summed E-state index contributed by atoms with van der Waals surface area (Å²) in [6.07, 6.45) is -0.426. The molecule has 22 heavy (non-hydrogen) atoms. The minimum Gasteiger partial charge on any atom is -0.496 e. The van der Waals surface area contributed by atoms with Gasteiger partial charge in [0.15, 0.2) is 6.10 Å². The summed E-state index contributed by atoms with van der Waals surface area (Å²) in [5.74, 6) is 0.448. The smallest absolute Gasteiger partial charge is 0.339 e. The highest BCUT2D eigenvalue weighted by Crippen LogP contribution is 2.43. The van der Waals surface area contributed by atoms with Crippen LogP contribution in [0, 0.1) is 0 Å². The standard InChI is InChI=1S/C19H14O3/c1-21-16-11-10-12-6-2-3-7-13(12)17(16)18-14-8-4-5-9-15(14)19(20)22-18/h2-11,18H,1H3. The zero-order chi connectivity index (χ0) is 15.1. The van der Waals surface area contributed by atoms with Gasteiger partial charge >= 0.3 is 5.97 Å². The lowest BCUT2D eigenvalue weighted by Gasteiger charge is -2.17. The zero-order valence-corrected chi connectivity index (χ0v) is 12.1. The third-order valence-electron chi connectivity index (χ3n) is 4.10. The van der Waals surface area contributed by atoms with E-state index in [9.17, 15) is 4.79 Å². The quantitative estimate of drug-likeness (QED) is 0.666. The highest BCUT2D eigenvalue weighted by atomic mass is 16.6. The van der Waals surface area contributed by atoms with Crippen LogP contribution in [0.2, 0.25) is 0 Å². The molecule has 4 rings (SSSR count). The van der Waals surface area contributed by atoms with Crippen LogP contribution >= 0.6 is 0 Å². The summed E-state index contributed by atoms with van der Waals surface area (Å²) in [5, 5.41) is 2.13. The van der Waals surface area contributed by atoms with Crippen LogP contribution in [-0.4, -0.2) is 13.1 Å². The molecule has 3 aromatic carbocycles. The molecule has 1 atom stereocenters. The van der Waals surface area contributed by atoms with Crippen molar-refractivity contribution >= 4 is 16.7 Å². The number of carbonyl (C=O) groups is 1. The van der Waals surface area contributed by atoms with Gasteiger partial charge in [0.25, 0.3) is 0 Å². The van der Waals surface area contributed by atoms with Gasteiger partial charge in [-0.15, -0.1) is 0 Å². The lowest BCUT2D eigenvalue weighted by atomic mass is 9.94. The van der Waals surface area contributed by atoms with Crippen LogP contribution in [0.5, 0.6) is 5.75 Å². The maximum Gasteiger partial charge on any atom is 0.339 e. The predicted octanol–water partition coefficient (Wildman–Crippen LogP) is 4.11. The van der Waals surface area contributed by atoms with Crippen molar-refractivity contribution in [3.8, 4) is 5.75 Å². The molecule has 0 N–H and O–H groups in total. The lowest BCUT2D eigenvalue weighted by Crippen LogP contribution is -2.04. The maximum absolute atomic E-state index is 12.1. The van der Waals surface area contributed by atoms with Gasteiger partial charge in [-0.25, -0.2) is 4.79 Å². The molecule has 0 aromatic heterocycles. The number of esters is 1. The molecule has 0 saturated heterocycles. The number of carbonyl (C=O) groups excluding carboxylic acids is 1. The van der Waals surface area contributed by atoms with Crippen molar-refractivity contribution in [2.45, 2.75) is 6.10 Å². The van der Waals surface area contributed by atoms with Crippen LogP contribution in [0.25, 0.3) is 10.8 Å². The van der Waals surface area contributed by atoms with Gasteiger partial charge in [-0.3, -0.25) is 0 Å². The van der Waals surface area contributed by atoms with E-state index in [4.69, 9.17) is 9.47 Å². The van der Waals surface area contributed by atoms with Gasteiger partial charge in [0.05, 0.1) is 12.7 Å². The largest absolute Gasteiger partial charge is 0.496 e.